The van der Waals surface area contributed by atoms with Gasteiger partial charge in [0.1, 0.15) is 31.2 Å². The van der Waals surface area contributed by atoms with Gasteiger partial charge in [-0.15, -0.1) is 0 Å². The molecule has 18 heteroatoms. The molecule has 16 nitrogen and oxygen atoms in total. The summed E-state index contributed by atoms with van der Waals surface area (Å²) in [7, 11) is -8.27. The SMILES string of the molecule is CC(=O)O[C@H]1[C@H](n2cnc3nc[nH]c3c2=NC(=O)c2ccccc2)OC(COS(C)(=O)=O)(COS(C)(=O)=O)[C@H]1OCc1ccccc1. The first-order chi connectivity index (χ1) is 22.2. The minimum atomic E-state index is -4.14. The number of hydrogen-bond donors (Lipinski definition) is 1. The monoisotopic (exact) mass is 689 g/mol. The molecule has 1 aliphatic rings. The molecule has 1 saturated heterocycles. The summed E-state index contributed by atoms with van der Waals surface area (Å²) in [4.78, 5) is 41.5. The fraction of sp³-hybridized carbons (Fsp3) is 0.345. The molecule has 0 radical (unpaired) electrons. The molecule has 2 aromatic heterocycles. The van der Waals surface area contributed by atoms with Gasteiger partial charge in [-0.1, -0.05) is 48.5 Å². The number of hydrogen-bond acceptors (Lipinski definition) is 13. The van der Waals surface area contributed by atoms with E-state index in [4.69, 9.17) is 22.6 Å². The van der Waals surface area contributed by atoms with Crippen LogP contribution in [-0.2, 0) is 54.2 Å². The lowest BCUT2D eigenvalue weighted by molar-refractivity contribution is -0.159. The third-order valence-corrected chi connectivity index (χ3v) is 8.05. The Labute approximate surface area is 269 Å². The van der Waals surface area contributed by atoms with E-state index in [1.54, 1.807) is 60.7 Å². The van der Waals surface area contributed by atoms with Crippen LogP contribution in [-0.4, -0.2) is 91.8 Å². The van der Waals surface area contributed by atoms with Crippen LogP contribution in [0.2, 0.25) is 0 Å². The van der Waals surface area contributed by atoms with Gasteiger partial charge in [0, 0.05) is 12.5 Å². The van der Waals surface area contributed by atoms with E-state index in [0.717, 1.165) is 19.4 Å². The molecule has 1 fully saturated rings. The van der Waals surface area contributed by atoms with Gasteiger partial charge in [0.25, 0.3) is 26.1 Å². The Morgan fingerprint density at radius 2 is 1.57 bits per heavy atom. The van der Waals surface area contributed by atoms with Crippen LogP contribution in [0.4, 0.5) is 0 Å². The average molecular weight is 690 g/mol. The van der Waals surface area contributed by atoms with E-state index in [0.29, 0.717) is 5.56 Å². The van der Waals surface area contributed by atoms with Crippen molar-refractivity contribution in [3.05, 3.63) is 89.9 Å². The zero-order chi connectivity index (χ0) is 33.8. The minimum absolute atomic E-state index is 0.0471. The molecule has 0 spiro atoms. The highest BCUT2D eigenvalue weighted by Gasteiger charge is 2.60. The Kier molecular flexibility index (Phi) is 9.99. The van der Waals surface area contributed by atoms with Crippen molar-refractivity contribution < 1.29 is 49.0 Å². The van der Waals surface area contributed by atoms with Crippen molar-refractivity contribution in [3.63, 3.8) is 0 Å². The summed E-state index contributed by atoms with van der Waals surface area (Å²) in [5, 5.41) is 0. The lowest BCUT2D eigenvalue weighted by Crippen LogP contribution is -2.53. The van der Waals surface area contributed by atoms with E-state index in [9.17, 15) is 26.4 Å². The number of nitrogens with zero attached hydrogens (tertiary/aromatic N) is 4. The maximum atomic E-state index is 13.3. The van der Waals surface area contributed by atoms with Crippen molar-refractivity contribution in [2.24, 2.45) is 4.99 Å². The largest absolute Gasteiger partial charge is 0.455 e. The smallest absolute Gasteiger partial charge is 0.303 e. The van der Waals surface area contributed by atoms with Gasteiger partial charge >= 0.3 is 5.97 Å². The summed E-state index contributed by atoms with van der Waals surface area (Å²) in [6, 6.07) is 17.0. The van der Waals surface area contributed by atoms with Gasteiger partial charge < -0.3 is 19.2 Å². The number of benzene rings is 2. The van der Waals surface area contributed by atoms with Crippen LogP contribution in [0.15, 0.2) is 78.3 Å². The summed E-state index contributed by atoms with van der Waals surface area (Å²) in [5.74, 6) is -1.43. The molecule has 47 heavy (non-hydrogen) atoms. The summed E-state index contributed by atoms with van der Waals surface area (Å²) < 4.78 is 78.8. The van der Waals surface area contributed by atoms with Crippen LogP contribution in [0.1, 0.15) is 29.1 Å². The maximum absolute atomic E-state index is 13.3. The number of H-pyrrole nitrogens is 1. The van der Waals surface area contributed by atoms with Gasteiger partial charge in [-0.05, 0) is 17.7 Å². The molecule has 3 heterocycles. The molecular formula is C29H31N5O11S2. The third kappa shape index (κ3) is 8.34. The molecule has 250 valence electrons. The van der Waals surface area contributed by atoms with Crippen molar-refractivity contribution in [2.45, 2.75) is 37.6 Å². The number of carbonyl (C=O) groups excluding carboxylic acids is 2. The predicted octanol–water partition coefficient (Wildman–Crippen LogP) is 1.24. The zero-order valence-corrected chi connectivity index (χ0v) is 27.0. The van der Waals surface area contributed by atoms with Gasteiger partial charge in [0.15, 0.2) is 29.1 Å². The highest BCUT2D eigenvalue weighted by molar-refractivity contribution is 7.86. The minimum Gasteiger partial charge on any atom is -0.455 e. The highest BCUT2D eigenvalue weighted by atomic mass is 32.2. The molecule has 0 saturated carbocycles. The number of esters is 1. The number of imidazole rings is 1. The first-order valence-corrected chi connectivity index (χ1v) is 17.6. The Morgan fingerprint density at radius 1 is 0.957 bits per heavy atom. The standard InChI is InChI=1S/C29H31N5O11S2/c1-19(35)44-23-24(41-14-20-10-6-4-7-11-20)29(15-42-46(2,37)38,16-43-47(3,39)40)45-28(23)34-18-32-25-22(30-17-31-25)26(34)33-27(36)21-12-8-5-9-13-21/h4-13,17-18,23-24,28H,14-16H2,1-3H3,(H,30,31)/t23-,24+,28-/m1/s1. The van der Waals surface area contributed by atoms with Crippen LogP contribution < -0.4 is 5.49 Å². The number of aromatic nitrogens is 4. The molecular weight excluding hydrogens is 658 g/mol. The van der Waals surface area contributed by atoms with E-state index in [-0.39, 0.29) is 28.8 Å². The van der Waals surface area contributed by atoms with Crippen molar-refractivity contribution in [3.8, 4) is 0 Å². The number of fused-ring (bicyclic) bond motifs is 1. The molecule has 5 rings (SSSR count). The molecule has 1 N–H and O–H groups in total. The number of carbonyl (C=O) groups is 2. The van der Waals surface area contributed by atoms with Crippen LogP contribution in [0.5, 0.6) is 0 Å². The van der Waals surface area contributed by atoms with Gasteiger partial charge in [-0.3, -0.25) is 22.5 Å². The molecule has 0 aliphatic carbocycles. The third-order valence-electron chi connectivity index (χ3n) is 6.96. The number of aromatic amines is 1. The predicted molar refractivity (Wildman–Crippen MR) is 163 cm³/mol. The summed E-state index contributed by atoms with van der Waals surface area (Å²) in [6.07, 6.45) is -0.119. The van der Waals surface area contributed by atoms with Crippen molar-refractivity contribution in [2.75, 3.05) is 25.7 Å². The first kappa shape index (κ1) is 34.0. The summed E-state index contributed by atoms with van der Waals surface area (Å²) >= 11 is 0. The quantitative estimate of drug-likeness (QED) is 0.164. The van der Waals surface area contributed by atoms with Crippen molar-refractivity contribution in [1.29, 1.82) is 0 Å². The van der Waals surface area contributed by atoms with Crippen LogP contribution in [0, 0.1) is 0 Å². The van der Waals surface area contributed by atoms with E-state index in [1.165, 1.54) is 17.2 Å². The second-order valence-electron chi connectivity index (χ2n) is 10.7. The highest BCUT2D eigenvalue weighted by Crippen LogP contribution is 2.42. The molecule has 1 aliphatic heterocycles. The second-order valence-corrected chi connectivity index (χ2v) is 13.9. The second kappa shape index (κ2) is 13.8. The Hall–Kier alpha value is -4.33. The number of ether oxygens (including phenoxy) is 3. The maximum Gasteiger partial charge on any atom is 0.303 e. The van der Waals surface area contributed by atoms with Crippen LogP contribution >= 0.6 is 0 Å². The van der Waals surface area contributed by atoms with Crippen LogP contribution in [0.25, 0.3) is 11.2 Å². The van der Waals surface area contributed by atoms with E-state index in [1.807, 2.05) is 0 Å². The molecule has 2 aromatic carbocycles. The Bertz CT molecular complexity index is 2000. The van der Waals surface area contributed by atoms with E-state index < -0.39 is 69.4 Å². The normalized spacial score (nSPS) is 20.0. The lowest BCUT2D eigenvalue weighted by atomic mass is 9.96. The zero-order valence-electron chi connectivity index (χ0n) is 25.4. The Morgan fingerprint density at radius 3 is 2.17 bits per heavy atom. The lowest BCUT2D eigenvalue weighted by Gasteiger charge is -2.33. The fourth-order valence-corrected chi connectivity index (χ4v) is 5.76. The fourth-order valence-electron chi connectivity index (χ4n) is 4.94. The average Bonchev–Trinajstić information content (AvgIpc) is 3.61. The summed E-state index contributed by atoms with van der Waals surface area (Å²) in [5.41, 5.74) is -0.754. The molecule has 0 bridgehead atoms. The number of rotatable bonds is 12. The topological polar surface area (TPSA) is 207 Å². The van der Waals surface area contributed by atoms with E-state index >= 15 is 0 Å². The van der Waals surface area contributed by atoms with Gasteiger partial charge in [0.2, 0.25) is 0 Å². The van der Waals surface area contributed by atoms with Gasteiger partial charge in [-0.2, -0.15) is 21.8 Å². The van der Waals surface area contributed by atoms with Crippen LogP contribution in [0.3, 0.4) is 0 Å². The Balaban J connectivity index is 1.70. The summed E-state index contributed by atoms with van der Waals surface area (Å²) in [6.45, 7) is -0.600. The first-order valence-electron chi connectivity index (χ1n) is 14.0. The molecule has 0 unspecified atom stereocenters. The molecule has 1 amide bonds. The molecule has 4 aromatic rings. The number of amides is 1. The van der Waals surface area contributed by atoms with Gasteiger partial charge in [-0.25, -0.2) is 9.97 Å². The molecule has 3 atom stereocenters. The van der Waals surface area contributed by atoms with Crippen molar-refractivity contribution in [1.82, 2.24) is 19.5 Å². The van der Waals surface area contributed by atoms with Gasteiger partial charge in [0.05, 0.1) is 25.4 Å². The van der Waals surface area contributed by atoms with E-state index in [2.05, 4.69) is 19.9 Å². The number of nitrogens with one attached hydrogen (secondary N) is 1. The van der Waals surface area contributed by atoms with Crippen molar-refractivity contribution >= 4 is 43.3 Å².